The highest BCUT2D eigenvalue weighted by Crippen LogP contribution is 2.07. The van der Waals surface area contributed by atoms with Crippen molar-refractivity contribution in [1.82, 2.24) is 15.3 Å². The van der Waals surface area contributed by atoms with Gasteiger partial charge in [-0.1, -0.05) is 0 Å². The van der Waals surface area contributed by atoms with Crippen molar-refractivity contribution in [3.8, 4) is 0 Å². The maximum absolute atomic E-state index is 4.36. The molecule has 4 nitrogen and oxygen atoms in total. The molecule has 1 aromatic rings. The molecule has 0 fully saturated rings. The van der Waals surface area contributed by atoms with Crippen molar-refractivity contribution in [3.05, 3.63) is 18.1 Å². The van der Waals surface area contributed by atoms with E-state index in [-0.39, 0.29) is 0 Å². The van der Waals surface area contributed by atoms with Crippen molar-refractivity contribution < 1.29 is 0 Å². The zero-order valence-electron chi connectivity index (χ0n) is 9.12. The van der Waals surface area contributed by atoms with Crippen LogP contribution in [0.4, 0.5) is 5.82 Å². The second-order valence-electron chi connectivity index (χ2n) is 3.07. The van der Waals surface area contributed by atoms with Gasteiger partial charge in [0.25, 0.3) is 0 Å². The van der Waals surface area contributed by atoms with Crippen molar-refractivity contribution in [2.24, 2.45) is 0 Å². The van der Waals surface area contributed by atoms with E-state index in [1.54, 1.807) is 0 Å². The summed E-state index contributed by atoms with van der Waals surface area (Å²) >= 11 is 0. The SMILES string of the molecule is CCN(CC)c1cnc(CNC)cn1. The van der Waals surface area contributed by atoms with Gasteiger partial charge in [-0.15, -0.1) is 0 Å². The summed E-state index contributed by atoms with van der Waals surface area (Å²) in [5.41, 5.74) is 0.975. The Bertz CT molecular complexity index is 253. The summed E-state index contributed by atoms with van der Waals surface area (Å²) in [6.07, 6.45) is 3.66. The molecule has 0 spiro atoms. The molecule has 4 heteroatoms. The van der Waals surface area contributed by atoms with E-state index < -0.39 is 0 Å². The zero-order valence-corrected chi connectivity index (χ0v) is 9.12. The molecular formula is C10H18N4. The average molecular weight is 194 g/mol. The minimum absolute atomic E-state index is 0.769. The molecule has 0 aliphatic heterocycles. The van der Waals surface area contributed by atoms with Gasteiger partial charge in [0, 0.05) is 19.6 Å². The van der Waals surface area contributed by atoms with Gasteiger partial charge in [-0.05, 0) is 20.9 Å². The molecule has 0 unspecified atom stereocenters. The van der Waals surface area contributed by atoms with Crippen molar-refractivity contribution >= 4 is 5.82 Å². The fourth-order valence-electron chi connectivity index (χ4n) is 1.33. The Hall–Kier alpha value is -1.16. The van der Waals surface area contributed by atoms with E-state index in [0.29, 0.717) is 0 Å². The lowest BCUT2D eigenvalue weighted by Gasteiger charge is -2.18. The molecule has 0 aliphatic carbocycles. The van der Waals surface area contributed by atoms with E-state index in [1.807, 2.05) is 19.4 Å². The molecule has 0 amide bonds. The number of hydrogen-bond acceptors (Lipinski definition) is 4. The first kappa shape index (κ1) is 10.9. The first-order chi connectivity index (χ1) is 6.81. The zero-order chi connectivity index (χ0) is 10.4. The molecule has 78 valence electrons. The Morgan fingerprint density at radius 3 is 2.36 bits per heavy atom. The molecule has 1 aromatic heterocycles. The molecular weight excluding hydrogens is 176 g/mol. The molecule has 0 bridgehead atoms. The molecule has 14 heavy (non-hydrogen) atoms. The quantitative estimate of drug-likeness (QED) is 0.760. The van der Waals surface area contributed by atoms with E-state index in [4.69, 9.17) is 0 Å². The van der Waals surface area contributed by atoms with Gasteiger partial charge in [0.15, 0.2) is 0 Å². The lowest BCUT2D eigenvalue weighted by atomic mass is 10.4. The Labute approximate surface area is 85.4 Å². The topological polar surface area (TPSA) is 41.1 Å². The monoisotopic (exact) mass is 194 g/mol. The van der Waals surface area contributed by atoms with E-state index in [0.717, 1.165) is 31.1 Å². The summed E-state index contributed by atoms with van der Waals surface area (Å²) < 4.78 is 0. The predicted octanol–water partition coefficient (Wildman–Crippen LogP) is 1.04. The van der Waals surface area contributed by atoms with Gasteiger partial charge in [0.2, 0.25) is 0 Å². The van der Waals surface area contributed by atoms with Crippen LogP contribution in [0.3, 0.4) is 0 Å². The van der Waals surface area contributed by atoms with Crippen LogP contribution in [0.15, 0.2) is 12.4 Å². The van der Waals surface area contributed by atoms with Crippen LogP contribution in [0.1, 0.15) is 19.5 Å². The number of aromatic nitrogens is 2. The van der Waals surface area contributed by atoms with Gasteiger partial charge >= 0.3 is 0 Å². The number of nitrogens with one attached hydrogen (secondary N) is 1. The van der Waals surface area contributed by atoms with Crippen molar-refractivity contribution in [2.75, 3.05) is 25.0 Å². The predicted molar refractivity (Wildman–Crippen MR) is 58.4 cm³/mol. The summed E-state index contributed by atoms with van der Waals surface area (Å²) in [6.45, 7) is 6.94. The summed E-state index contributed by atoms with van der Waals surface area (Å²) in [4.78, 5) is 10.9. The van der Waals surface area contributed by atoms with Gasteiger partial charge in [0.1, 0.15) is 5.82 Å². The summed E-state index contributed by atoms with van der Waals surface area (Å²) in [5.74, 6) is 0.954. The van der Waals surface area contributed by atoms with Crippen LogP contribution in [-0.2, 0) is 6.54 Å². The molecule has 0 radical (unpaired) electrons. The minimum atomic E-state index is 0.769. The number of anilines is 1. The maximum atomic E-state index is 4.36. The standard InChI is InChI=1S/C10H18N4/c1-4-14(5-2)10-8-12-9(6-11-3)7-13-10/h7-8,11H,4-6H2,1-3H3. The smallest absolute Gasteiger partial charge is 0.147 e. The van der Waals surface area contributed by atoms with E-state index in [2.05, 4.69) is 34.0 Å². The third-order valence-electron chi connectivity index (χ3n) is 2.14. The van der Waals surface area contributed by atoms with E-state index >= 15 is 0 Å². The van der Waals surface area contributed by atoms with Gasteiger partial charge < -0.3 is 10.2 Å². The minimum Gasteiger partial charge on any atom is -0.356 e. The fraction of sp³-hybridized carbons (Fsp3) is 0.600. The normalized spacial score (nSPS) is 10.2. The highest BCUT2D eigenvalue weighted by molar-refractivity contribution is 5.35. The van der Waals surface area contributed by atoms with Gasteiger partial charge in [-0.3, -0.25) is 4.98 Å². The fourth-order valence-corrected chi connectivity index (χ4v) is 1.33. The molecule has 0 saturated carbocycles. The Morgan fingerprint density at radius 1 is 1.21 bits per heavy atom. The molecule has 1 rings (SSSR count). The second kappa shape index (κ2) is 5.54. The van der Waals surface area contributed by atoms with Crippen molar-refractivity contribution in [2.45, 2.75) is 20.4 Å². The van der Waals surface area contributed by atoms with Gasteiger partial charge in [-0.25, -0.2) is 4.98 Å². The average Bonchev–Trinajstić information content (AvgIpc) is 2.23. The highest BCUT2D eigenvalue weighted by Gasteiger charge is 2.02. The molecule has 0 atom stereocenters. The van der Waals surface area contributed by atoms with Crippen LogP contribution in [-0.4, -0.2) is 30.1 Å². The van der Waals surface area contributed by atoms with E-state index in [9.17, 15) is 0 Å². The second-order valence-corrected chi connectivity index (χ2v) is 3.07. The lowest BCUT2D eigenvalue weighted by molar-refractivity contribution is 0.775. The Balaban J connectivity index is 2.71. The first-order valence-corrected chi connectivity index (χ1v) is 5.02. The van der Waals surface area contributed by atoms with E-state index in [1.165, 1.54) is 0 Å². The lowest BCUT2D eigenvalue weighted by Crippen LogP contribution is -2.23. The number of hydrogen-bond donors (Lipinski definition) is 1. The largest absolute Gasteiger partial charge is 0.356 e. The number of nitrogens with zero attached hydrogens (tertiary/aromatic N) is 3. The van der Waals surface area contributed by atoms with Gasteiger partial charge in [-0.2, -0.15) is 0 Å². The summed E-state index contributed by atoms with van der Waals surface area (Å²) in [5, 5.41) is 3.04. The van der Waals surface area contributed by atoms with Crippen LogP contribution in [0.25, 0.3) is 0 Å². The van der Waals surface area contributed by atoms with Crippen LogP contribution in [0.5, 0.6) is 0 Å². The van der Waals surface area contributed by atoms with Crippen LogP contribution < -0.4 is 10.2 Å². The Morgan fingerprint density at radius 2 is 1.93 bits per heavy atom. The molecule has 0 aromatic carbocycles. The molecule has 0 saturated heterocycles. The molecule has 1 heterocycles. The molecule has 0 aliphatic rings. The van der Waals surface area contributed by atoms with Gasteiger partial charge in [0.05, 0.1) is 18.1 Å². The van der Waals surface area contributed by atoms with Crippen molar-refractivity contribution in [1.29, 1.82) is 0 Å². The third-order valence-corrected chi connectivity index (χ3v) is 2.14. The van der Waals surface area contributed by atoms with Crippen LogP contribution >= 0.6 is 0 Å². The maximum Gasteiger partial charge on any atom is 0.147 e. The third kappa shape index (κ3) is 2.67. The van der Waals surface area contributed by atoms with Crippen molar-refractivity contribution in [3.63, 3.8) is 0 Å². The van der Waals surface area contributed by atoms with Crippen LogP contribution in [0.2, 0.25) is 0 Å². The summed E-state index contributed by atoms with van der Waals surface area (Å²) in [7, 11) is 1.90. The van der Waals surface area contributed by atoms with Crippen LogP contribution in [0, 0.1) is 0 Å². The Kier molecular flexibility index (Phi) is 4.32. The number of rotatable bonds is 5. The molecule has 1 N–H and O–H groups in total. The highest BCUT2D eigenvalue weighted by atomic mass is 15.2. The first-order valence-electron chi connectivity index (χ1n) is 5.02. The summed E-state index contributed by atoms with van der Waals surface area (Å²) in [6, 6.07) is 0.